The van der Waals surface area contributed by atoms with Crippen LogP contribution in [0.5, 0.6) is 0 Å². The van der Waals surface area contributed by atoms with Gasteiger partial charge in [0.1, 0.15) is 0 Å². The van der Waals surface area contributed by atoms with E-state index in [4.69, 9.17) is 5.73 Å². The molecule has 1 aromatic carbocycles. The SMILES string of the molecule is Cc1cc(N2C(=O)CC(CN)C2C)ccc1Br. The number of anilines is 1. The van der Waals surface area contributed by atoms with Crippen LogP contribution in [0.15, 0.2) is 22.7 Å². The number of carbonyl (C=O) groups excluding carboxylic acids is 1. The summed E-state index contributed by atoms with van der Waals surface area (Å²) < 4.78 is 1.07. The number of hydrogen-bond acceptors (Lipinski definition) is 2. The van der Waals surface area contributed by atoms with Gasteiger partial charge in [0.2, 0.25) is 5.91 Å². The highest BCUT2D eigenvalue weighted by Crippen LogP contribution is 2.32. The van der Waals surface area contributed by atoms with Gasteiger partial charge in [-0.2, -0.15) is 0 Å². The second kappa shape index (κ2) is 4.78. The topological polar surface area (TPSA) is 46.3 Å². The van der Waals surface area contributed by atoms with E-state index in [2.05, 4.69) is 22.9 Å². The lowest BCUT2D eigenvalue weighted by molar-refractivity contribution is -0.117. The normalized spacial score (nSPS) is 24.5. The minimum atomic E-state index is 0.176. The molecule has 3 nitrogen and oxygen atoms in total. The molecule has 1 aliphatic heterocycles. The smallest absolute Gasteiger partial charge is 0.227 e. The van der Waals surface area contributed by atoms with E-state index in [-0.39, 0.29) is 17.9 Å². The second-order valence-corrected chi connectivity index (χ2v) is 5.49. The summed E-state index contributed by atoms with van der Waals surface area (Å²) in [5.41, 5.74) is 7.80. The van der Waals surface area contributed by atoms with E-state index in [0.717, 1.165) is 15.7 Å². The largest absolute Gasteiger partial charge is 0.330 e. The van der Waals surface area contributed by atoms with Gasteiger partial charge in [0.25, 0.3) is 0 Å². The van der Waals surface area contributed by atoms with Crippen LogP contribution in [0.2, 0.25) is 0 Å². The van der Waals surface area contributed by atoms with Gasteiger partial charge in [0.15, 0.2) is 0 Å². The van der Waals surface area contributed by atoms with E-state index in [9.17, 15) is 4.79 Å². The Morgan fingerprint density at radius 2 is 2.24 bits per heavy atom. The zero-order valence-electron chi connectivity index (χ0n) is 10.1. The van der Waals surface area contributed by atoms with E-state index in [1.807, 2.05) is 30.0 Å². The van der Waals surface area contributed by atoms with Gasteiger partial charge in [0.05, 0.1) is 0 Å². The van der Waals surface area contributed by atoms with E-state index in [1.165, 1.54) is 0 Å². The summed E-state index contributed by atoms with van der Waals surface area (Å²) in [6.07, 6.45) is 0.562. The molecule has 1 saturated heterocycles. The quantitative estimate of drug-likeness (QED) is 0.911. The van der Waals surface area contributed by atoms with Crippen molar-refractivity contribution < 1.29 is 4.79 Å². The third-order valence-corrected chi connectivity index (χ3v) is 4.41. The third-order valence-electron chi connectivity index (χ3n) is 3.52. The lowest BCUT2D eigenvalue weighted by atomic mass is 10.0. The number of nitrogens with zero attached hydrogens (tertiary/aromatic N) is 1. The summed E-state index contributed by atoms with van der Waals surface area (Å²) in [6, 6.07) is 6.19. The van der Waals surface area contributed by atoms with Crippen molar-refractivity contribution in [1.29, 1.82) is 0 Å². The van der Waals surface area contributed by atoms with Crippen LogP contribution >= 0.6 is 15.9 Å². The third kappa shape index (κ3) is 2.24. The number of aryl methyl sites for hydroxylation is 1. The standard InChI is InChI=1S/C13H17BrN2O/c1-8-5-11(3-4-12(8)14)16-9(2)10(7-15)6-13(16)17/h3-5,9-10H,6-7,15H2,1-2H3. The van der Waals surface area contributed by atoms with Crippen LogP contribution < -0.4 is 10.6 Å². The number of benzene rings is 1. The molecule has 1 aliphatic rings. The first-order valence-corrected chi connectivity index (χ1v) is 6.62. The molecule has 0 spiro atoms. The molecule has 4 heteroatoms. The zero-order valence-corrected chi connectivity index (χ0v) is 11.7. The van der Waals surface area contributed by atoms with Crippen LogP contribution in [0, 0.1) is 12.8 Å². The van der Waals surface area contributed by atoms with E-state index in [0.29, 0.717) is 13.0 Å². The average Bonchev–Trinajstić information content (AvgIpc) is 2.58. The highest BCUT2D eigenvalue weighted by atomic mass is 79.9. The molecular weight excluding hydrogens is 280 g/mol. The molecule has 2 atom stereocenters. The number of halogens is 1. The molecule has 0 aliphatic carbocycles. The van der Waals surface area contributed by atoms with Crippen LogP contribution in [-0.2, 0) is 4.79 Å². The number of carbonyl (C=O) groups is 1. The van der Waals surface area contributed by atoms with Crippen molar-refractivity contribution in [3.63, 3.8) is 0 Å². The monoisotopic (exact) mass is 296 g/mol. The second-order valence-electron chi connectivity index (χ2n) is 4.64. The minimum Gasteiger partial charge on any atom is -0.330 e. The highest BCUT2D eigenvalue weighted by Gasteiger charge is 2.36. The van der Waals surface area contributed by atoms with Crippen molar-refractivity contribution in [3.05, 3.63) is 28.2 Å². The summed E-state index contributed by atoms with van der Waals surface area (Å²) in [5.74, 6) is 0.445. The molecular formula is C13H17BrN2O. The molecule has 92 valence electrons. The minimum absolute atomic E-state index is 0.176. The van der Waals surface area contributed by atoms with Crippen molar-refractivity contribution in [1.82, 2.24) is 0 Å². The Hall–Kier alpha value is -0.870. The highest BCUT2D eigenvalue weighted by molar-refractivity contribution is 9.10. The molecule has 1 heterocycles. The van der Waals surface area contributed by atoms with Gasteiger partial charge in [-0.15, -0.1) is 0 Å². The Morgan fingerprint density at radius 1 is 1.53 bits per heavy atom. The molecule has 0 saturated carbocycles. The van der Waals surface area contributed by atoms with Gasteiger partial charge < -0.3 is 10.6 Å². The number of amides is 1. The predicted octanol–water partition coefficient (Wildman–Crippen LogP) is 2.46. The maximum absolute atomic E-state index is 12.0. The maximum atomic E-state index is 12.0. The van der Waals surface area contributed by atoms with Gasteiger partial charge in [0, 0.05) is 28.5 Å². The molecule has 1 aromatic rings. The average molecular weight is 297 g/mol. The Balaban J connectivity index is 2.33. The summed E-state index contributed by atoms with van der Waals surface area (Å²) in [5, 5.41) is 0. The fourth-order valence-corrected chi connectivity index (χ4v) is 2.62. The first-order chi connectivity index (χ1) is 8.04. The number of hydrogen-bond donors (Lipinski definition) is 1. The lowest BCUT2D eigenvalue weighted by Gasteiger charge is -2.24. The van der Waals surface area contributed by atoms with Gasteiger partial charge in [-0.3, -0.25) is 4.79 Å². The van der Waals surface area contributed by atoms with Crippen LogP contribution in [0.25, 0.3) is 0 Å². The van der Waals surface area contributed by atoms with Crippen molar-refractivity contribution in [2.75, 3.05) is 11.4 Å². The molecule has 1 amide bonds. The van der Waals surface area contributed by atoms with Crippen molar-refractivity contribution >= 4 is 27.5 Å². The lowest BCUT2D eigenvalue weighted by Crippen LogP contribution is -2.34. The Morgan fingerprint density at radius 3 is 2.76 bits per heavy atom. The molecule has 1 fully saturated rings. The van der Waals surface area contributed by atoms with Crippen LogP contribution in [0.4, 0.5) is 5.69 Å². The molecule has 0 radical (unpaired) electrons. The van der Waals surface area contributed by atoms with E-state index < -0.39 is 0 Å². The molecule has 2 rings (SSSR count). The maximum Gasteiger partial charge on any atom is 0.227 e. The van der Waals surface area contributed by atoms with Gasteiger partial charge in [-0.1, -0.05) is 15.9 Å². The summed E-state index contributed by atoms with van der Waals surface area (Å²) in [7, 11) is 0. The van der Waals surface area contributed by atoms with Crippen LogP contribution in [0.3, 0.4) is 0 Å². The molecule has 2 N–H and O–H groups in total. The molecule has 0 bridgehead atoms. The Labute approximate surface area is 110 Å². The van der Waals surface area contributed by atoms with Crippen molar-refractivity contribution in [2.45, 2.75) is 26.3 Å². The first kappa shape index (κ1) is 12.6. The molecule has 17 heavy (non-hydrogen) atoms. The van der Waals surface area contributed by atoms with Gasteiger partial charge >= 0.3 is 0 Å². The predicted molar refractivity (Wildman–Crippen MR) is 73.0 cm³/mol. The number of rotatable bonds is 2. The summed E-state index contributed by atoms with van der Waals surface area (Å²) in [4.78, 5) is 13.9. The van der Waals surface area contributed by atoms with E-state index >= 15 is 0 Å². The number of nitrogens with two attached hydrogens (primary N) is 1. The summed E-state index contributed by atoms with van der Waals surface area (Å²) >= 11 is 3.47. The zero-order chi connectivity index (χ0) is 12.6. The Bertz CT molecular complexity index is 447. The Kier molecular flexibility index (Phi) is 3.54. The van der Waals surface area contributed by atoms with Gasteiger partial charge in [-0.05, 0) is 44.2 Å². The summed E-state index contributed by atoms with van der Waals surface area (Å²) in [6.45, 7) is 4.66. The fourth-order valence-electron chi connectivity index (χ4n) is 2.37. The molecule has 2 unspecified atom stereocenters. The van der Waals surface area contributed by atoms with Gasteiger partial charge in [-0.25, -0.2) is 0 Å². The van der Waals surface area contributed by atoms with Crippen LogP contribution in [-0.4, -0.2) is 18.5 Å². The van der Waals surface area contributed by atoms with Crippen molar-refractivity contribution in [3.8, 4) is 0 Å². The molecule has 0 aromatic heterocycles. The van der Waals surface area contributed by atoms with E-state index in [1.54, 1.807) is 0 Å². The first-order valence-electron chi connectivity index (χ1n) is 5.83. The van der Waals surface area contributed by atoms with Crippen LogP contribution in [0.1, 0.15) is 18.9 Å². The fraction of sp³-hybridized carbons (Fsp3) is 0.462. The van der Waals surface area contributed by atoms with Crippen molar-refractivity contribution in [2.24, 2.45) is 11.7 Å².